The van der Waals surface area contributed by atoms with Crippen LogP contribution in [0.3, 0.4) is 0 Å². The number of aryl methyl sites for hydroxylation is 1. The average Bonchev–Trinajstić information content (AvgIpc) is 3.48. The van der Waals surface area contributed by atoms with Crippen LogP contribution in [-0.2, 0) is 17.8 Å². The molecule has 2 aromatic heterocycles. The van der Waals surface area contributed by atoms with E-state index < -0.39 is 0 Å². The SMILES string of the molecule is CCCOc1ccc(CN(CCC)C(=O)CCc2nc(-c3ccco3)no2)cc1OC. The number of rotatable bonds is 12. The van der Waals surface area contributed by atoms with Gasteiger partial charge in [-0.2, -0.15) is 4.98 Å². The molecule has 0 spiro atoms. The highest BCUT2D eigenvalue weighted by molar-refractivity contribution is 5.76. The minimum Gasteiger partial charge on any atom is -0.493 e. The van der Waals surface area contributed by atoms with Gasteiger partial charge in [-0.25, -0.2) is 0 Å². The van der Waals surface area contributed by atoms with Crippen molar-refractivity contribution >= 4 is 5.91 Å². The lowest BCUT2D eigenvalue weighted by atomic mass is 10.1. The summed E-state index contributed by atoms with van der Waals surface area (Å²) in [6, 6.07) is 9.31. The number of aromatic nitrogens is 2. The minimum absolute atomic E-state index is 0.0323. The van der Waals surface area contributed by atoms with Crippen LogP contribution < -0.4 is 9.47 Å². The molecule has 0 fully saturated rings. The quantitative estimate of drug-likeness (QED) is 0.420. The van der Waals surface area contributed by atoms with E-state index in [-0.39, 0.29) is 12.3 Å². The predicted octanol–water partition coefficient (Wildman–Crippen LogP) is 4.50. The van der Waals surface area contributed by atoms with Crippen molar-refractivity contribution in [1.82, 2.24) is 15.0 Å². The van der Waals surface area contributed by atoms with Gasteiger partial charge < -0.3 is 23.3 Å². The Labute approximate surface area is 182 Å². The molecule has 31 heavy (non-hydrogen) atoms. The molecule has 1 amide bonds. The van der Waals surface area contributed by atoms with E-state index in [9.17, 15) is 4.79 Å². The van der Waals surface area contributed by atoms with Gasteiger partial charge in [0.25, 0.3) is 0 Å². The van der Waals surface area contributed by atoms with Gasteiger partial charge >= 0.3 is 0 Å². The topological polar surface area (TPSA) is 90.8 Å². The zero-order valence-corrected chi connectivity index (χ0v) is 18.3. The van der Waals surface area contributed by atoms with E-state index in [4.69, 9.17) is 18.4 Å². The zero-order chi connectivity index (χ0) is 22.1. The first kappa shape index (κ1) is 22.4. The van der Waals surface area contributed by atoms with Gasteiger partial charge in [-0.05, 0) is 42.7 Å². The summed E-state index contributed by atoms with van der Waals surface area (Å²) in [5.74, 6) is 2.75. The molecule has 0 aliphatic carbocycles. The van der Waals surface area contributed by atoms with Crippen LogP contribution >= 0.6 is 0 Å². The van der Waals surface area contributed by atoms with Gasteiger partial charge in [0.15, 0.2) is 17.3 Å². The van der Waals surface area contributed by atoms with Crippen molar-refractivity contribution in [2.24, 2.45) is 0 Å². The molecule has 0 radical (unpaired) electrons. The van der Waals surface area contributed by atoms with Gasteiger partial charge in [-0.1, -0.05) is 25.1 Å². The van der Waals surface area contributed by atoms with Crippen molar-refractivity contribution in [3.63, 3.8) is 0 Å². The summed E-state index contributed by atoms with van der Waals surface area (Å²) < 4.78 is 21.7. The summed E-state index contributed by atoms with van der Waals surface area (Å²) in [5, 5.41) is 3.90. The fourth-order valence-electron chi connectivity index (χ4n) is 3.16. The van der Waals surface area contributed by atoms with Gasteiger partial charge in [0.2, 0.25) is 17.6 Å². The Balaban J connectivity index is 1.61. The van der Waals surface area contributed by atoms with Crippen molar-refractivity contribution in [3.8, 4) is 23.1 Å². The number of hydrogen-bond donors (Lipinski definition) is 0. The molecule has 0 aliphatic heterocycles. The third kappa shape index (κ3) is 6.10. The Hall–Kier alpha value is -3.29. The van der Waals surface area contributed by atoms with E-state index in [1.165, 1.54) is 0 Å². The van der Waals surface area contributed by atoms with Gasteiger partial charge in [0.1, 0.15) is 0 Å². The number of amides is 1. The molecule has 8 nitrogen and oxygen atoms in total. The first-order valence-corrected chi connectivity index (χ1v) is 10.6. The monoisotopic (exact) mass is 427 g/mol. The molecule has 0 aliphatic rings. The number of methoxy groups -OCH3 is 1. The second-order valence-corrected chi connectivity index (χ2v) is 7.14. The molecule has 0 saturated heterocycles. The normalized spacial score (nSPS) is 10.8. The molecule has 0 saturated carbocycles. The largest absolute Gasteiger partial charge is 0.493 e. The zero-order valence-electron chi connectivity index (χ0n) is 18.3. The number of furan rings is 1. The van der Waals surface area contributed by atoms with Crippen LogP contribution in [0.15, 0.2) is 45.5 Å². The van der Waals surface area contributed by atoms with Crippen molar-refractivity contribution in [2.45, 2.75) is 46.1 Å². The third-order valence-electron chi connectivity index (χ3n) is 4.67. The maximum absolute atomic E-state index is 12.9. The maximum Gasteiger partial charge on any atom is 0.238 e. The fraction of sp³-hybridized carbons (Fsp3) is 0.435. The molecule has 166 valence electrons. The summed E-state index contributed by atoms with van der Waals surface area (Å²) in [5.41, 5.74) is 0.986. The van der Waals surface area contributed by atoms with Crippen LogP contribution in [0, 0.1) is 0 Å². The first-order chi connectivity index (χ1) is 15.1. The van der Waals surface area contributed by atoms with Crippen LogP contribution in [0.2, 0.25) is 0 Å². The highest BCUT2D eigenvalue weighted by atomic mass is 16.5. The van der Waals surface area contributed by atoms with Gasteiger partial charge in [-0.15, -0.1) is 0 Å². The molecule has 3 aromatic rings. The smallest absolute Gasteiger partial charge is 0.238 e. The molecule has 0 bridgehead atoms. The van der Waals surface area contributed by atoms with Crippen molar-refractivity contribution < 1.29 is 23.2 Å². The van der Waals surface area contributed by atoms with Crippen molar-refractivity contribution in [2.75, 3.05) is 20.3 Å². The third-order valence-corrected chi connectivity index (χ3v) is 4.67. The molecule has 3 rings (SSSR count). The van der Waals surface area contributed by atoms with E-state index in [1.807, 2.05) is 23.1 Å². The highest BCUT2D eigenvalue weighted by Crippen LogP contribution is 2.29. The van der Waals surface area contributed by atoms with Crippen molar-refractivity contribution in [1.29, 1.82) is 0 Å². The molecule has 0 unspecified atom stereocenters. The summed E-state index contributed by atoms with van der Waals surface area (Å²) in [6.45, 7) is 5.90. The second kappa shape index (κ2) is 11.2. The van der Waals surface area contributed by atoms with E-state index in [0.29, 0.717) is 55.1 Å². The number of carbonyl (C=O) groups excluding carboxylic acids is 1. The molecule has 2 heterocycles. The lowest BCUT2D eigenvalue weighted by Gasteiger charge is -2.22. The Morgan fingerprint density at radius 3 is 2.74 bits per heavy atom. The fourth-order valence-corrected chi connectivity index (χ4v) is 3.16. The molecule has 1 aromatic carbocycles. The minimum atomic E-state index is 0.0323. The number of carbonyl (C=O) groups is 1. The number of benzene rings is 1. The van der Waals surface area contributed by atoms with Gasteiger partial charge in [0.05, 0.1) is 20.0 Å². The summed E-state index contributed by atoms with van der Waals surface area (Å²) in [7, 11) is 1.62. The standard InChI is InChI=1S/C23H29N3O5/c1-4-12-26(16-17-8-9-18(29-13-5-2)20(15-17)28-3)22(27)11-10-21-24-23(25-31-21)19-7-6-14-30-19/h6-9,14-15H,4-5,10-13,16H2,1-3H3. The lowest BCUT2D eigenvalue weighted by Crippen LogP contribution is -2.31. The molecule has 8 heteroatoms. The lowest BCUT2D eigenvalue weighted by molar-refractivity contribution is -0.131. The van der Waals surface area contributed by atoms with Crippen LogP contribution in [0.1, 0.15) is 44.6 Å². The van der Waals surface area contributed by atoms with E-state index in [1.54, 1.807) is 25.5 Å². The first-order valence-electron chi connectivity index (χ1n) is 10.6. The van der Waals surface area contributed by atoms with Crippen LogP contribution in [0.5, 0.6) is 11.5 Å². The summed E-state index contributed by atoms with van der Waals surface area (Å²) >= 11 is 0. The average molecular weight is 428 g/mol. The molecule has 0 atom stereocenters. The van der Waals surface area contributed by atoms with E-state index in [0.717, 1.165) is 18.4 Å². The highest BCUT2D eigenvalue weighted by Gasteiger charge is 2.17. The van der Waals surface area contributed by atoms with E-state index >= 15 is 0 Å². The van der Waals surface area contributed by atoms with Crippen LogP contribution in [0.25, 0.3) is 11.6 Å². The maximum atomic E-state index is 12.9. The van der Waals surface area contributed by atoms with E-state index in [2.05, 4.69) is 24.0 Å². The van der Waals surface area contributed by atoms with Gasteiger partial charge in [0, 0.05) is 25.9 Å². The number of nitrogens with zero attached hydrogens (tertiary/aromatic N) is 3. The Bertz CT molecular complexity index is 952. The Kier molecular flexibility index (Phi) is 8.09. The van der Waals surface area contributed by atoms with Gasteiger partial charge in [-0.3, -0.25) is 4.79 Å². The molecule has 0 N–H and O–H groups in total. The number of hydrogen-bond acceptors (Lipinski definition) is 7. The Morgan fingerprint density at radius 2 is 2.03 bits per heavy atom. The summed E-state index contributed by atoms with van der Waals surface area (Å²) in [6.07, 6.45) is 4.00. The van der Waals surface area contributed by atoms with Crippen LogP contribution in [-0.4, -0.2) is 41.2 Å². The van der Waals surface area contributed by atoms with Crippen molar-refractivity contribution in [3.05, 3.63) is 48.0 Å². The molecular weight excluding hydrogens is 398 g/mol. The summed E-state index contributed by atoms with van der Waals surface area (Å²) in [4.78, 5) is 19.0. The second-order valence-electron chi connectivity index (χ2n) is 7.14. The predicted molar refractivity (Wildman–Crippen MR) is 115 cm³/mol. The number of ether oxygens (including phenoxy) is 2. The Morgan fingerprint density at radius 1 is 1.16 bits per heavy atom. The molecular formula is C23H29N3O5. The van der Waals surface area contributed by atoms with Crippen LogP contribution in [0.4, 0.5) is 0 Å².